The molecular weight excluding hydrogens is 452 g/mol. The van der Waals surface area contributed by atoms with Gasteiger partial charge in [0.25, 0.3) is 0 Å². The number of anilines is 1. The van der Waals surface area contributed by atoms with Gasteiger partial charge in [-0.25, -0.2) is 8.42 Å². The largest absolute Gasteiger partial charge is 0.366 e. The van der Waals surface area contributed by atoms with Crippen LogP contribution in [-0.2, 0) is 14.8 Å². The Morgan fingerprint density at radius 3 is 2.21 bits per heavy atom. The summed E-state index contributed by atoms with van der Waals surface area (Å²) in [5.41, 5.74) is 11.1. The first-order valence-corrected chi connectivity index (χ1v) is 11.6. The van der Waals surface area contributed by atoms with Crippen molar-refractivity contribution in [3.05, 3.63) is 40.8 Å². The number of carbonyl (C=O) groups excluding carboxylic acids is 3. The molecular formula is C20H26N6O6S. The first-order valence-electron chi connectivity index (χ1n) is 10.2. The van der Waals surface area contributed by atoms with Crippen molar-refractivity contribution >= 4 is 33.4 Å². The van der Waals surface area contributed by atoms with E-state index in [1.807, 2.05) is 4.90 Å². The normalized spacial score (nSPS) is 15.7. The number of aryl methyl sites for hydroxylation is 2. The quantitative estimate of drug-likeness (QED) is 0.490. The molecule has 3 amide bonds. The molecule has 0 spiro atoms. The number of aromatic nitrogens is 1. The van der Waals surface area contributed by atoms with E-state index in [1.54, 1.807) is 13.8 Å². The summed E-state index contributed by atoms with van der Waals surface area (Å²) < 4.78 is 32.4. The van der Waals surface area contributed by atoms with E-state index in [2.05, 4.69) is 10.5 Å². The molecule has 1 fully saturated rings. The molecule has 2 aromatic rings. The summed E-state index contributed by atoms with van der Waals surface area (Å²) in [4.78, 5) is 37.5. The van der Waals surface area contributed by atoms with E-state index < -0.39 is 27.7 Å². The number of benzene rings is 1. The Kier molecular flexibility index (Phi) is 7.15. The lowest BCUT2D eigenvalue weighted by molar-refractivity contribution is -0.117. The fourth-order valence-corrected chi connectivity index (χ4v) is 5.47. The van der Waals surface area contributed by atoms with E-state index in [0.717, 1.165) is 0 Å². The Morgan fingerprint density at radius 1 is 1.03 bits per heavy atom. The average molecular weight is 479 g/mol. The van der Waals surface area contributed by atoms with Gasteiger partial charge < -0.3 is 21.3 Å². The number of nitrogens with two attached hydrogens (primary N) is 2. The van der Waals surface area contributed by atoms with Crippen LogP contribution in [0.2, 0.25) is 0 Å². The molecule has 0 aliphatic carbocycles. The molecule has 5 N–H and O–H groups in total. The maximum absolute atomic E-state index is 13.0. The van der Waals surface area contributed by atoms with Gasteiger partial charge in [-0.15, -0.1) is 0 Å². The molecule has 0 atom stereocenters. The lowest BCUT2D eigenvalue weighted by Gasteiger charge is -2.21. The Labute approximate surface area is 190 Å². The predicted octanol–water partition coefficient (Wildman–Crippen LogP) is -0.176. The van der Waals surface area contributed by atoms with Gasteiger partial charge in [0, 0.05) is 36.4 Å². The van der Waals surface area contributed by atoms with Gasteiger partial charge in [0.15, 0.2) is 5.76 Å². The van der Waals surface area contributed by atoms with Crippen molar-refractivity contribution in [1.82, 2.24) is 14.4 Å². The van der Waals surface area contributed by atoms with E-state index in [9.17, 15) is 22.8 Å². The summed E-state index contributed by atoms with van der Waals surface area (Å²) in [6.45, 7) is 4.47. The number of amides is 3. The standard InChI is InChI=1S/C20H26N6O6S/c1-12-18(13(2)32-24-12)33(30,31)26-5-3-4-25(6-7-26)11-17(27)23-16-9-14(19(21)28)8-15(10-16)20(22)29/h8-10H,3-7,11H2,1-2H3,(H2,21,28)(H2,22,29)(H,23,27). The van der Waals surface area contributed by atoms with Crippen molar-refractivity contribution in [2.45, 2.75) is 25.2 Å². The molecule has 13 heteroatoms. The highest BCUT2D eigenvalue weighted by Crippen LogP contribution is 2.24. The predicted molar refractivity (Wildman–Crippen MR) is 118 cm³/mol. The van der Waals surface area contributed by atoms with Gasteiger partial charge in [0.05, 0.1) is 6.54 Å². The SMILES string of the molecule is Cc1noc(C)c1S(=O)(=O)N1CCCN(CC(=O)Nc2cc(C(N)=O)cc(C(N)=O)c2)CC1. The number of sulfonamides is 1. The minimum atomic E-state index is -3.77. The lowest BCUT2D eigenvalue weighted by atomic mass is 10.1. The Balaban J connectivity index is 1.66. The number of carbonyl (C=O) groups is 3. The van der Waals surface area contributed by atoms with Crippen molar-refractivity contribution in [2.75, 3.05) is 38.0 Å². The zero-order valence-corrected chi connectivity index (χ0v) is 19.1. The number of nitrogens with one attached hydrogen (secondary N) is 1. The van der Waals surface area contributed by atoms with Crippen LogP contribution in [0.4, 0.5) is 5.69 Å². The van der Waals surface area contributed by atoms with Crippen LogP contribution in [0, 0.1) is 13.8 Å². The molecule has 1 aromatic carbocycles. The van der Waals surface area contributed by atoms with Crippen molar-refractivity contribution in [3.63, 3.8) is 0 Å². The molecule has 0 unspecified atom stereocenters. The highest BCUT2D eigenvalue weighted by molar-refractivity contribution is 7.89. The van der Waals surface area contributed by atoms with Crippen LogP contribution in [-0.4, -0.2) is 73.2 Å². The maximum atomic E-state index is 13.0. The highest BCUT2D eigenvalue weighted by atomic mass is 32.2. The summed E-state index contributed by atoms with van der Waals surface area (Å²) in [6.07, 6.45) is 0.527. The van der Waals surface area contributed by atoms with E-state index in [4.69, 9.17) is 16.0 Å². The maximum Gasteiger partial charge on any atom is 0.248 e. The van der Waals surface area contributed by atoms with Gasteiger partial charge in [-0.05, 0) is 45.0 Å². The smallest absolute Gasteiger partial charge is 0.248 e. The minimum absolute atomic E-state index is 0.00802. The lowest BCUT2D eigenvalue weighted by Crippen LogP contribution is -2.38. The molecule has 178 valence electrons. The van der Waals surface area contributed by atoms with Crippen LogP contribution < -0.4 is 16.8 Å². The first kappa shape index (κ1) is 24.4. The van der Waals surface area contributed by atoms with Crippen molar-refractivity contribution in [2.24, 2.45) is 11.5 Å². The van der Waals surface area contributed by atoms with E-state index >= 15 is 0 Å². The Morgan fingerprint density at radius 2 is 1.67 bits per heavy atom. The van der Waals surface area contributed by atoms with Gasteiger partial charge in [-0.1, -0.05) is 5.16 Å². The minimum Gasteiger partial charge on any atom is -0.366 e. The van der Waals surface area contributed by atoms with E-state index in [1.165, 1.54) is 22.5 Å². The van der Waals surface area contributed by atoms with Crippen molar-refractivity contribution in [3.8, 4) is 0 Å². The summed E-state index contributed by atoms with van der Waals surface area (Å²) in [5.74, 6) is -1.68. The number of hydrogen-bond acceptors (Lipinski definition) is 8. The fraction of sp³-hybridized carbons (Fsp3) is 0.400. The first-order chi connectivity index (χ1) is 15.5. The van der Waals surface area contributed by atoms with Crippen molar-refractivity contribution < 1.29 is 27.3 Å². The Bertz CT molecular complexity index is 1140. The highest BCUT2D eigenvalue weighted by Gasteiger charge is 2.32. The van der Waals surface area contributed by atoms with Crippen LogP contribution in [0.3, 0.4) is 0 Å². The molecule has 12 nitrogen and oxygen atoms in total. The second-order valence-corrected chi connectivity index (χ2v) is 9.64. The van der Waals surface area contributed by atoms with Crippen LogP contribution in [0.25, 0.3) is 0 Å². The van der Waals surface area contributed by atoms with Crippen LogP contribution in [0.15, 0.2) is 27.6 Å². The fourth-order valence-electron chi connectivity index (χ4n) is 3.71. The van der Waals surface area contributed by atoms with Crippen molar-refractivity contribution in [1.29, 1.82) is 0 Å². The van der Waals surface area contributed by atoms with E-state index in [0.29, 0.717) is 31.7 Å². The summed E-state index contributed by atoms with van der Waals surface area (Å²) >= 11 is 0. The number of hydrogen-bond donors (Lipinski definition) is 3. The molecule has 0 saturated carbocycles. The molecule has 1 aliphatic heterocycles. The molecule has 0 radical (unpaired) electrons. The second kappa shape index (κ2) is 9.68. The molecule has 0 bridgehead atoms. The van der Waals surface area contributed by atoms with Crippen LogP contribution in [0.5, 0.6) is 0 Å². The number of nitrogens with zero attached hydrogens (tertiary/aromatic N) is 3. The Hall–Kier alpha value is -3.29. The molecule has 1 aromatic heterocycles. The molecule has 1 aliphatic rings. The van der Waals surface area contributed by atoms with Gasteiger partial charge in [0.1, 0.15) is 10.6 Å². The van der Waals surface area contributed by atoms with E-state index in [-0.39, 0.29) is 40.6 Å². The third-order valence-electron chi connectivity index (χ3n) is 5.27. The number of primary amides is 2. The number of rotatable bonds is 7. The van der Waals surface area contributed by atoms with Gasteiger partial charge in [-0.2, -0.15) is 4.31 Å². The zero-order chi connectivity index (χ0) is 24.3. The molecule has 1 saturated heterocycles. The average Bonchev–Trinajstić information content (AvgIpc) is 2.93. The summed E-state index contributed by atoms with van der Waals surface area (Å²) in [5, 5.41) is 6.36. The van der Waals surface area contributed by atoms with Gasteiger partial charge >= 0.3 is 0 Å². The van der Waals surface area contributed by atoms with Crippen LogP contribution in [0.1, 0.15) is 38.6 Å². The zero-order valence-electron chi connectivity index (χ0n) is 18.3. The second-order valence-electron chi connectivity index (χ2n) is 7.76. The molecule has 33 heavy (non-hydrogen) atoms. The van der Waals surface area contributed by atoms with Gasteiger partial charge in [0.2, 0.25) is 27.7 Å². The third kappa shape index (κ3) is 5.56. The topological polar surface area (TPSA) is 182 Å². The molecule has 2 heterocycles. The third-order valence-corrected chi connectivity index (χ3v) is 7.41. The summed E-state index contributed by atoms with van der Waals surface area (Å²) in [6, 6.07) is 3.96. The molecule has 3 rings (SSSR count). The summed E-state index contributed by atoms with van der Waals surface area (Å²) in [7, 11) is -3.77. The monoisotopic (exact) mass is 478 g/mol. The van der Waals surface area contributed by atoms with Gasteiger partial charge in [-0.3, -0.25) is 19.3 Å². The van der Waals surface area contributed by atoms with Crippen LogP contribution >= 0.6 is 0 Å².